The number of ether oxygens (including phenoxy) is 1. The van der Waals surface area contributed by atoms with Crippen LogP contribution in [0.25, 0.3) is 0 Å². The molecule has 0 aliphatic rings. The van der Waals surface area contributed by atoms with Gasteiger partial charge in [-0.3, -0.25) is 4.79 Å². The first-order valence-corrected chi connectivity index (χ1v) is 6.46. The Bertz CT molecular complexity index is 617. The maximum absolute atomic E-state index is 12.9. The van der Waals surface area contributed by atoms with Crippen LogP contribution in [0.5, 0.6) is 0 Å². The van der Waals surface area contributed by atoms with Crippen molar-refractivity contribution in [3.63, 3.8) is 0 Å². The lowest BCUT2D eigenvalue weighted by molar-refractivity contribution is -0.139. The molecule has 0 radical (unpaired) electrons. The smallest absolute Gasteiger partial charge is 0.425 e. The number of nitrogens with one attached hydrogen (secondary N) is 1. The van der Waals surface area contributed by atoms with Gasteiger partial charge >= 0.3 is 18.2 Å². The Morgan fingerprint density at radius 2 is 2.05 bits per heavy atom. The number of rotatable bonds is 4. The number of carbonyl (C=O) groups is 2. The lowest BCUT2D eigenvalue weighted by Gasteiger charge is -2.12. The molecule has 1 aromatic rings. The molecule has 0 aliphatic heterocycles. The van der Waals surface area contributed by atoms with Crippen LogP contribution in [0.2, 0.25) is 0 Å². The van der Waals surface area contributed by atoms with Gasteiger partial charge in [-0.05, 0) is 12.1 Å². The van der Waals surface area contributed by atoms with Gasteiger partial charge in [-0.1, -0.05) is 22.0 Å². The molecule has 2 N–H and O–H groups in total. The van der Waals surface area contributed by atoms with Gasteiger partial charge in [0.05, 0.1) is 5.56 Å². The number of hydrazone groups is 1. The second kappa shape index (κ2) is 7.25. The molecule has 0 unspecified atom stereocenters. The SMILES string of the molecule is CC(=O)OC/C(=N\NC(=O)O)c1ccc(Br)c(C(F)(F)F)c1. The Hall–Kier alpha value is -2.10. The van der Waals surface area contributed by atoms with E-state index in [1.165, 1.54) is 6.07 Å². The fourth-order valence-corrected chi connectivity index (χ4v) is 1.86. The van der Waals surface area contributed by atoms with E-state index in [1.54, 1.807) is 5.43 Å². The molecule has 1 aromatic carbocycles. The zero-order valence-electron chi connectivity index (χ0n) is 11.1. The predicted molar refractivity (Wildman–Crippen MR) is 73.5 cm³/mol. The number of esters is 1. The fraction of sp³-hybridized carbons (Fsp3) is 0.250. The summed E-state index contributed by atoms with van der Waals surface area (Å²) in [4.78, 5) is 21.2. The van der Waals surface area contributed by atoms with Crippen LogP contribution in [0.1, 0.15) is 18.1 Å². The van der Waals surface area contributed by atoms with Crippen LogP contribution in [0.4, 0.5) is 18.0 Å². The number of hydrogen-bond acceptors (Lipinski definition) is 4. The van der Waals surface area contributed by atoms with Crippen LogP contribution < -0.4 is 5.43 Å². The van der Waals surface area contributed by atoms with E-state index in [0.717, 1.165) is 19.1 Å². The van der Waals surface area contributed by atoms with Crippen molar-refractivity contribution >= 4 is 33.7 Å². The quantitative estimate of drug-likeness (QED) is 0.476. The Balaban J connectivity index is 3.21. The largest absolute Gasteiger partial charge is 0.464 e. The maximum Gasteiger partial charge on any atom is 0.425 e. The summed E-state index contributed by atoms with van der Waals surface area (Å²) in [5, 5.41) is 11.9. The van der Waals surface area contributed by atoms with Crippen LogP contribution in [0, 0.1) is 0 Å². The van der Waals surface area contributed by atoms with Crippen molar-refractivity contribution in [2.45, 2.75) is 13.1 Å². The van der Waals surface area contributed by atoms with Crippen LogP contribution >= 0.6 is 15.9 Å². The molecule has 0 fully saturated rings. The maximum atomic E-state index is 12.9. The van der Waals surface area contributed by atoms with Crippen molar-refractivity contribution in [1.29, 1.82) is 0 Å². The van der Waals surface area contributed by atoms with Crippen molar-refractivity contribution < 1.29 is 32.6 Å². The molecule has 10 heteroatoms. The summed E-state index contributed by atoms with van der Waals surface area (Å²) in [5.41, 5.74) is 0.492. The lowest BCUT2D eigenvalue weighted by atomic mass is 10.1. The van der Waals surface area contributed by atoms with Gasteiger partial charge in [-0.25, -0.2) is 10.2 Å². The fourth-order valence-electron chi connectivity index (χ4n) is 1.39. The summed E-state index contributed by atoms with van der Waals surface area (Å²) in [6, 6.07) is 3.20. The van der Waals surface area contributed by atoms with Crippen molar-refractivity contribution in [2.24, 2.45) is 5.10 Å². The highest BCUT2D eigenvalue weighted by atomic mass is 79.9. The van der Waals surface area contributed by atoms with E-state index in [0.29, 0.717) is 0 Å². The Morgan fingerprint density at radius 3 is 2.55 bits per heavy atom. The van der Waals surface area contributed by atoms with Gasteiger partial charge in [-0.15, -0.1) is 0 Å². The van der Waals surface area contributed by atoms with E-state index in [2.05, 4.69) is 25.8 Å². The Labute approximate surface area is 131 Å². The molecule has 0 aliphatic carbocycles. The minimum Gasteiger partial charge on any atom is -0.464 e. The molecule has 22 heavy (non-hydrogen) atoms. The highest BCUT2D eigenvalue weighted by Crippen LogP contribution is 2.35. The van der Waals surface area contributed by atoms with Gasteiger partial charge < -0.3 is 9.84 Å². The van der Waals surface area contributed by atoms with Crippen molar-refractivity contribution in [2.75, 3.05) is 6.61 Å². The van der Waals surface area contributed by atoms with Crippen LogP contribution in [0.15, 0.2) is 27.8 Å². The third-order valence-corrected chi connectivity index (χ3v) is 3.00. The molecule has 120 valence electrons. The van der Waals surface area contributed by atoms with Gasteiger partial charge in [-0.2, -0.15) is 18.3 Å². The summed E-state index contributed by atoms with van der Waals surface area (Å²) in [7, 11) is 0. The number of alkyl halides is 3. The molecular weight excluding hydrogens is 373 g/mol. The number of hydrogen-bond donors (Lipinski definition) is 2. The molecular formula is C12H10BrF3N2O4. The Morgan fingerprint density at radius 1 is 1.41 bits per heavy atom. The standard InChI is InChI=1S/C12H10BrF3N2O4/c1-6(19)22-5-10(17-18-11(20)21)7-2-3-9(13)8(4-7)12(14,15)16/h2-4,18H,5H2,1H3,(H,20,21)/b17-10+. The van der Waals surface area contributed by atoms with Gasteiger partial charge in [0, 0.05) is 17.0 Å². The van der Waals surface area contributed by atoms with E-state index in [4.69, 9.17) is 5.11 Å². The summed E-state index contributed by atoms with van der Waals surface area (Å²) < 4.78 is 43.0. The van der Waals surface area contributed by atoms with Crippen LogP contribution in [-0.4, -0.2) is 29.5 Å². The molecule has 0 atom stereocenters. The molecule has 0 bridgehead atoms. The van der Waals surface area contributed by atoms with Crippen molar-refractivity contribution in [3.05, 3.63) is 33.8 Å². The number of carbonyl (C=O) groups excluding carboxylic acids is 1. The highest BCUT2D eigenvalue weighted by molar-refractivity contribution is 9.10. The monoisotopic (exact) mass is 382 g/mol. The van der Waals surface area contributed by atoms with Crippen LogP contribution in [-0.2, 0) is 15.7 Å². The second-order valence-corrected chi connectivity index (χ2v) is 4.80. The number of halogens is 4. The first-order chi connectivity index (χ1) is 10.1. The predicted octanol–water partition coefficient (Wildman–Crippen LogP) is 3.00. The Kier molecular flexibility index (Phi) is 5.92. The third kappa shape index (κ3) is 5.35. The minimum atomic E-state index is -4.61. The lowest BCUT2D eigenvalue weighted by Crippen LogP contribution is -2.21. The van der Waals surface area contributed by atoms with E-state index >= 15 is 0 Å². The summed E-state index contributed by atoms with van der Waals surface area (Å²) >= 11 is 2.78. The molecule has 6 nitrogen and oxygen atoms in total. The average Bonchev–Trinajstić information content (AvgIpc) is 2.38. The highest BCUT2D eigenvalue weighted by Gasteiger charge is 2.33. The van der Waals surface area contributed by atoms with Gasteiger partial charge in [0.1, 0.15) is 12.3 Å². The zero-order chi connectivity index (χ0) is 16.9. The van der Waals surface area contributed by atoms with Gasteiger partial charge in [0.15, 0.2) is 0 Å². The number of nitrogens with zero attached hydrogens (tertiary/aromatic N) is 1. The third-order valence-electron chi connectivity index (χ3n) is 2.30. The van der Waals surface area contributed by atoms with Crippen LogP contribution in [0.3, 0.4) is 0 Å². The van der Waals surface area contributed by atoms with E-state index in [-0.39, 0.29) is 15.7 Å². The topological polar surface area (TPSA) is 88.0 Å². The van der Waals surface area contributed by atoms with Crippen molar-refractivity contribution in [1.82, 2.24) is 5.43 Å². The number of amides is 1. The average molecular weight is 383 g/mol. The van der Waals surface area contributed by atoms with E-state index < -0.39 is 30.4 Å². The summed E-state index contributed by atoms with van der Waals surface area (Å²) in [6.07, 6.45) is -6.12. The number of benzene rings is 1. The summed E-state index contributed by atoms with van der Waals surface area (Å²) in [5.74, 6) is -0.684. The minimum absolute atomic E-state index is 0.0366. The van der Waals surface area contributed by atoms with E-state index in [9.17, 15) is 22.8 Å². The summed E-state index contributed by atoms with van der Waals surface area (Å²) in [6.45, 7) is 0.625. The molecule has 0 saturated heterocycles. The van der Waals surface area contributed by atoms with Crippen molar-refractivity contribution in [3.8, 4) is 0 Å². The molecule has 0 aromatic heterocycles. The van der Waals surface area contributed by atoms with Gasteiger partial charge in [0.25, 0.3) is 0 Å². The second-order valence-electron chi connectivity index (χ2n) is 3.95. The normalized spacial score (nSPS) is 12.0. The molecule has 1 amide bonds. The first kappa shape index (κ1) is 18.0. The molecule has 0 saturated carbocycles. The van der Waals surface area contributed by atoms with E-state index in [1.807, 2.05) is 0 Å². The molecule has 0 spiro atoms. The molecule has 0 heterocycles. The zero-order valence-corrected chi connectivity index (χ0v) is 12.7. The first-order valence-electron chi connectivity index (χ1n) is 5.67. The van der Waals surface area contributed by atoms with Gasteiger partial charge in [0.2, 0.25) is 0 Å². The molecule has 1 rings (SSSR count). The number of carboxylic acid groups (broad SMARTS) is 1.